The lowest BCUT2D eigenvalue weighted by atomic mass is 9.96. The van der Waals surface area contributed by atoms with E-state index in [4.69, 9.17) is 14.5 Å². The zero-order chi connectivity index (χ0) is 26.9. The van der Waals surface area contributed by atoms with Gasteiger partial charge in [-0.2, -0.15) is 0 Å². The van der Waals surface area contributed by atoms with E-state index in [1.165, 1.54) is 11.1 Å². The van der Waals surface area contributed by atoms with E-state index in [2.05, 4.69) is 23.1 Å². The summed E-state index contributed by atoms with van der Waals surface area (Å²) in [5.41, 5.74) is 6.61. The number of fused-ring (bicyclic) bond motifs is 1. The Balaban J connectivity index is 1.20. The second-order valence-electron chi connectivity index (χ2n) is 10.8. The molecule has 4 heterocycles. The van der Waals surface area contributed by atoms with Crippen LogP contribution < -0.4 is 9.64 Å². The van der Waals surface area contributed by atoms with Crippen molar-refractivity contribution in [2.45, 2.75) is 45.0 Å². The molecule has 2 N–H and O–H groups in total. The van der Waals surface area contributed by atoms with Crippen LogP contribution in [0.2, 0.25) is 0 Å². The number of aliphatic hydroxyl groups is 1. The molecule has 2 unspecified atom stereocenters. The Morgan fingerprint density at radius 3 is 2.72 bits per heavy atom. The molecule has 8 heteroatoms. The highest BCUT2D eigenvalue weighted by molar-refractivity contribution is 5.74. The van der Waals surface area contributed by atoms with Crippen LogP contribution in [0.25, 0.3) is 11.3 Å². The minimum absolute atomic E-state index is 0.227. The molecule has 2 atom stereocenters. The average molecular weight is 530 g/mol. The van der Waals surface area contributed by atoms with Crippen molar-refractivity contribution < 1.29 is 24.5 Å². The van der Waals surface area contributed by atoms with Gasteiger partial charge < -0.3 is 24.6 Å². The number of aromatic nitrogens is 1. The number of hydrogen-bond acceptors (Lipinski definition) is 7. The van der Waals surface area contributed by atoms with Gasteiger partial charge in [-0.15, -0.1) is 0 Å². The number of pyridine rings is 1. The molecular weight excluding hydrogens is 494 g/mol. The Morgan fingerprint density at radius 2 is 1.95 bits per heavy atom. The number of carbonyl (C=O) groups is 1. The van der Waals surface area contributed by atoms with Gasteiger partial charge in [0.05, 0.1) is 43.5 Å². The first-order valence-corrected chi connectivity index (χ1v) is 13.7. The van der Waals surface area contributed by atoms with Crippen LogP contribution in [-0.4, -0.2) is 71.1 Å². The number of para-hydroxylation sites is 1. The maximum Gasteiger partial charge on any atom is 0.308 e. The number of anilines is 1. The number of aliphatic carboxylic acids is 1. The molecule has 3 aliphatic rings. The molecule has 0 bridgehead atoms. The van der Waals surface area contributed by atoms with Crippen LogP contribution >= 0.6 is 0 Å². The van der Waals surface area contributed by atoms with E-state index in [0.717, 1.165) is 60.9 Å². The summed E-state index contributed by atoms with van der Waals surface area (Å²) in [6.45, 7) is 6.56. The van der Waals surface area contributed by atoms with E-state index in [1.54, 1.807) is 0 Å². The first kappa shape index (κ1) is 25.8. The number of benzene rings is 2. The van der Waals surface area contributed by atoms with Gasteiger partial charge in [0.1, 0.15) is 18.2 Å². The lowest BCUT2D eigenvalue weighted by Gasteiger charge is -2.40. The summed E-state index contributed by atoms with van der Waals surface area (Å²) in [6, 6.07) is 18.5. The van der Waals surface area contributed by atoms with Gasteiger partial charge in [-0.3, -0.25) is 9.69 Å². The second-order valence-corrected chi connectivity index (χ2v) is 10.8. The lowest BCUT2D eigenvalue weighted by molar-refractivity contribution is -0.142. The first-order valence-electron chi connectivity index (χ1n) is 13.7. The third-order valence-corrected chi connectivity index (χ3v) is 8.40. The van der Waals surface area contributed by atoms with E-state index in [0.29, 0.717) is 31.4 Å². The monoisotopic (exact) mass is 529 g/mol. The van der Waals surface area contributed by atoms with Gasteiger partial charge in [-0.25, -0.2) is 4.98 Å². The van der Waals surface area contributed by atoms with Crippen molar-refractivity contribution >= 4 is 11.8 Å². The fraction of sp³-hybridized carbons (Fsp3) is 0.419. The molecule has 2 saturated heterocycles. The van der Waals surface area contributed by atoms with Crippen LogP contribution in [0.1, 0.15) is 28.7 Å². The standard InChI is InChI=1S/C31H35N3O5/c1-20-4-2-5-25(27-6-3-7-29(32-27)34-13-11-26(31(36)37)28(34)16-35)30(20)39-17-21-8-9-23-15-33(24-18-38-19-24)12-10-22(23)14-21/h2-9,14,24,26,28,35H,10-13,15-19H2,1H3,(H,36,37). The van der Waals surface area contributed by atoms with E-state index in [-0.39, 0.29) is 6.61 Å². The highest BCUT2D eigenvalue weighted by Gasteiger charge is 2.39. The van der Waals surface area contributed by atoms with Crippen LogP contribution in [0.4, 0.5) is 5.82 Å². The number of rotatable bonds is 8. The van der Waals surface area contributed by atoms with Crippen LogP contribution in [-0.2, 0) is 29.1 Å². The number of nitrogens with zero attached hydrogens (tertiary/aromatic N) is 3. The first-order chi connectivity index (χ1) is 19.0. The maximum absolute atomic E-state index is 11.7. The summed E-state index contributed by atoms with van der Waals surface area (Å²) in [4.78, 5) is 21.0. The topological polar surface area (TPSA) is 95.4 Å². The molecule has 3 aromatic rings. The molecule has 1 aromatic heterocycles. The Hall–Kier alpha value is -3.46. The van der Waals surface area contributed by atoms with Gasteiger partial charge in [-0.05, 0) is 60.2 Å². The molecule has 0 saturated carbocycles. The fourth-order valence-electron chi connectivity index (χ4n) is 6.05. The highest BCUT2D eigenvalue weighted by atomic mass is 16.5. The van der Waals surface area contributed by atoms with E-state index < -0.39 is 17.9 Å². The van der Waals surface area contributed by atoms with Crippen molar-refractivity contribution in [3.05, 3.63) is 76.9 Å². The largest absolute Gasteiger partial charge is 0.488 e. The molecule has 6 rings (SSSR count). The zero-order valence-corrected chi connectivity index (χ0v) is 22.3. The van der Waals surface area contributed by atoms with Gasteiger partial charge >= 0.3 is 5.97 Å². The quantitative estimate of drug-likeness (QED) is 0.457. The third-order valence-electron chi connectivity index (χ3n) is 8.40. The Labute approximate surface area is 228 Å². The van der Waals surface area contributed by atoms with Crippen molar-refractivity contribution in [1.82, 2.24) is 9.88 Å². The van der Waals surface area contributed by atoms with Crippen LogP contribution in [0, 0.1) is 12.8 Å². The van der Waals surface area contributed by atoms with E-state index >= 15 is 0 Å². The Morgan fingerprint density at radius 1 is 1.10 bits per heavy atom. The molecular formula is C31H35N3O5. The molecule has 0 radical (unpaired) electrons. The number of carboxylic acids is 1. The van der Waals surface area contributed by atoms with Gasteiger partial charge in [0.2, 0.25) is 0 Å². The fourth-order valence-corrected chi connectivity index (χ4v) is 6.05. The number of carboxylic acid groups (broad SMARTS) is 1. The predicted octanol–water partition coefficient (Wildman–Crippen LogP) is 3.66. The summed E-state index contributed by atoms with van der Waals surface area (Å²) in [7, 11) is 0. The summed E-state index contributed by atoms with van der Waals surface area (Å²) in [5, 5.41) is 19.5. The van der Waals surface area contributed by atoms with Crippen LogP contribution in [0.15, 0.2) is 54.6 Å². The lowest BCUT2D eigenvalue weighted by Crippen LogP contribution is -2.50. The van der Waals surface area contributed by atoms with Crippen LogP contribution in [0.5, 0.6) is 5.75 Å². The SMILES string of the molecule is Cc1cccc(-c2cccc(N3CCC(C(=O)O)C3CO)n2)c1OCc1ccc2c(c1)CCN(C1COC1)C2. The maximum atomic E-state index is 11.7. The summed E-state index contributed by atoms with van der Waals surface area (Å²) in [5.74, 6) is -0.0284. The molecule has 2 aromatic carbocycles. The van der Waals surface area contributed by atoms with Gasteiger partial charge in [0.25, 0.3) is 0 Å². The zero-order valence-electron chi connectivity index (χ0n) is 22.3. The minimum atomic E-state index is -0.880. The normalized spacial score (nSPS) is 21.4. The molecule has 39 heavy (non-hydrogen) atoms. The predicted molar refractivity (Wildman–Crippen MR) is 148 cm³/mol. The number of hydrogen-bond donors (Lipinski definition) is 2. The average Bonchev–Trinajstić information content (AvgIpc) is 3.36. The molecule has 3 aliphatic heterocycles. The molecule has 0 aliphatic carbocycles. The molecule has 0 amide bonds. The smallest absolute Gasteiger partial charge is 0.308 e. The minimum Gasteiger partial charge on any atom is -0.488 e. The number of ether oxygens (including phenoxy) is 2. The third kappa shape index (κ3) is 5.12. The molecule has 8 nitrogen and oxygen atoms in total. The highest BCUT2D eigenvalue weighted by Crippen LogP contribution is 2.35. The van der Waals surface area contributed by atoms with Gasteiger partial charge in [0.15, 0.2) is 0 Å². The van der Waals surface area contributed by atoms with Crippen molar-refractivity contribution in [2.75, 3.05) is 37.8 Å². The van der Waals surface area contributed by atoms with Crippen molar-refractivity contribution in [3.63, 3.8) is 0 Å². The van der Waals surface area contributed by atoms with Gasteiger partial charge in [-0.1, -0.05) is 36.4 Å². The summed E-state index contributed by atoms with van der Waals surface area (Å²) in [6.07, 6.45) is 1.53. The molecule has 0 spiro atoms. The van der Waals surface area contributed by atoms with E-state index in [9.17, 15) is 15.0 Å². The second kappa shape index (κ2) is 11.0. The number of aliphatic hydroxyl groups excluding tert-OH is 1. The Kier molecular flexibility index (Phi) is 7.25. The van der Waals surface area contributed by atoms with Crippen molar-refractivity contribution in [2.24, 2.45) is 5.92 Å². The summed E-state index contributed by atoms with van der Waals surface area (Å²) < 4.78 is 11.8. The molecule has 204 valence electrons. The van der Waals surface area contributed by atoms with Crippen LogP contribution in [0.3, 0.4) is 0 Å². The Bertz CT molecular complexity index is 1360. The van der Waals surface area contributed by atoms with Crippen molar-refractivity contribution in [3.8, 4) is 17.0 Å². The van der Waals surface area contributed by atoms with Gasteiger partial charge in [0, 0.05) is 25.2 Å². The number of aryl methyl sites for hydroxylation is 1. The van der Waals surface area contributed by atoms with E-state index in [1.807, 2.05) is 48.2 Å². The molecule has 2 fully saturated rings. The van der Waals surface area contributed by atoms with Crippen molar-refractivity contribution in [1.29, 1.82) is 0 Å². The summed E-state index contributed by atoms with van der Waals surface area (Å²) >= 11 is 0.